The molecule has 0 fully saturated rings. The van der Waals surface area contributed by atoms with Gasteiger partial charge in [-0.05, 0) is 35.1 Å². The summed E-state index contributed by atoms with van der Waals surface area (Å²) in [5, 5.41) is 11.9. The van der Waals surface area contributed by atoms with Gasteiger partial charge in [-0.15, -0.1) is 11.3 Å². The van der Waals surface area contributed by atoms with Gasteiger partial charge in [-0.2, -0.15) is 5.26 Å². The third kappa shape index (κ3) is 2.28. The molecule has 1 unspecified atom stereocenters. The van der Waals surface area contributed by atoms with Gasteiger partial charge in [0, 0.05) is 16.4 Å². The number of fused-ring (bicyclic) bond motifs is 1. The van der Waals surface area contributed by atoms with Crippen LogP contribution < -0.4 is 0 Å². The average molecular weight is 289 g/mol. The van der Waals surface area contributed by atoms with E-state index in [0.29, 0.717) is 6.54 Å². The van der Waals surface area contributed by atoms with Crippen LogP contribution in [0.2, 0.25) is 5.02 Å². The van der Waals surface area contributed by atoms with E-state index in [2.05, 4.69) is 28.5 Å². The molecule has 0 saturated heterocycles. The second kappa shape index (κ2) is 5.34. The normalized spacial score (nSPS) is 18.8. The van der Waals surface area contributed by atoms with Crippen LogP contribution in [0.1, 0.15) is 22.0 Å². The lowest BCUT2D eigenvalue weighted by molar-refractivity contribution is 0.242. The van der Waals surface area contributed by atoms with E-state index in [1.165, 1.54) is 10.4 Å². The van der Waals surface area contributed by atoms with Crippen LogP contribution in [0.3, 0.4) is 0 Å². The fourth-order valence-corrected chi connectivity index (χ4v) is 3.83. The molecule has 1 aliphatic heterocycles. The molecule has 1 aromatic heterocycles. The van der Waals surface area contributed by atoms with Crippen LogP contribution in [0.25, 0.3) is 0 Å². The molecular weight excluding hydrogens is 276 g/mol. The summed E-state index contributed by atoms with van der Waals surface area (Å²) in [6.45, 7) is 1.35. The zero-order chi connectivity index (χ0) is 13.2. The fraction of sp³-hybridized carbons (Fsp3) is 0.267. The van der Waals surface area contributed by atoms with Crippen LogP contribution in [0.15, 0.2) is 35.7 Å². The summed E-state index contributed by atoms with van der Waals surface area (Å²) in [4.78, 5) is 3.62. The lowest BCUT2D eigenvalue weighted by Crippen LogP contribution is -2.35. The van der Waals surface area contributed by atoms with Crippen LogP contribution in [-0.4, -0.2) is 18.0 Å². The van der Waals surface area contributed by atoms with Crippen molar-refractivity contribution < 1.29 is 0 Å². The van der Waals surface area contributed by atoms with Gasteiger partial charge in [-0.3, -0.25) is 4.90 Å². The summed E-state index contributed by atoms with van der Waals surface area (Å²) in [5.74, 6) is 0. The lowest BCUT2D eigenvalue weighted by Gasteiger charge is -2.34. The van der Waals surface area contributed by atoms with Gasteiger partial charge in [0.15, 0.2) is 0 Å². The van der Waals surface area contributed by atoms with E-state index in [1.54, 1.807) is 11.3 Å². The Kier molecular flexibility index (Phi) is 3.56. The Labute approximate surface area is 121 Å². The third-order valence-electron chi connectivity index (χ3n) is 3.54. The Balaban J connectivity index is 2.10. The molecule has 1 aromatic carbocycles. The minimum absolute atomic E-state index is 0.114. The summed E-state index contributed by atoms with van der Waals surface area (Å²) in [7, 11) is 0. The standard InChI is InChI=1S/C15H13ClN2S/c16-13-4-2-1-3-11(13)15-12-6-10-19-14(12)5-8-18(15)9-7-17/h1-4,6,10,15H,5,8-9H2. The molecule has 1 atom stereocenters. The van der Waals surface area contributed by atoms with E-state index in [1.807, 2.05) is 18.2 Å². The molecule has 2 heterocycles. The van der Waals surface area contributed by atoms with Gasteiger partial charge >= 0.3 is 0 Å². The Hall–Kier alpha value is -1.34. The first-order chi connectivity index (χ1) is 9.31. The van der Waals surface area contributed by atoms with Gasteiger partial charge in [0.05, 0.1) is 18.7 Å². The predicted octanol–water partition coefficient (Wildman–Crippen LogP) is 3.87. The topological polar surface area (TPSA) is 27.0 Å². The summed E-state index contributed by atoms with van der Waals surface area (Å²) in [6, 6.07) is 12.5. The van der Waals surface area contributed by atoms with Crippen molar-refractivity contribution in [2.45, 2.75) is 12.5 Å². The number of hydrogen-bond donors (Lipinski definition) is 0. The summed E-state index contributed by atoms with van der Waals surface area (Å²) >= 11 is 8.15. The molecule has 0 saturated carbocycles. The van der Waals surface area contributed by atoms with Gasteiger partial charge in [0.2, 0.25) is 0 Å². The minimum Gasteiger partial charge on any atom is -0.279 e. The molecule has 0 amide bonds. The number of rotatable bonds is 2. The summed E-state index contributed by atoms with van der Waals surface area (Å²) in [5.41, 5.74) is 2.40. The van der Waals surface area contributed by atoms with Crippen molar-refractivity contribution >= 4 is 22.9 Å². The zero-order valence-electron chi connectivity index (χ0n) is 10.3. The van der Waals surface area contributed by atoms with Crippen LogP contribution in [-0.2, 0) is 6.42 Å². The van der Waals surface area contributed by atoms with Gasteiger partial charge < -0.3 is 0 Å². The van der Waals surface area contributed by atoms with E-state index in [9.17, 15) is 0 Å². The molecular formula is C15H13ClN2S. The fourth-order valence-electron chi connectivity index (χ4n) is 2.69. The second-order valence-corrected chi connectivity index (χ2v) is 6.01. The number of nitriles is 1. The van der Waals surface area contributed by atoms with E-state index in [4.69, 9.17) is 16.9 Å². The van der Waals surface area contributed by atoms with Crippen molar-refractivity contribution in [1.82, 2.24) is 4.90 Å². The van der Waals surface area contributed by atoms with Crippen molar-refractivity contribution in [3.63, 3.8) is 0 Å². The Morgan fingerprint density at radius 2 is 2.16 bits per heavy atom. The van der Waals surface area contributed by atoms with Crippen LogP contribution in [0.5, 0.6) is 0 Å². The Morgan fingerprint density at radius 1 is 1.32 bits per heavy atom. The molecule has 2 aromatic rings. The van der Waals surface area contributed by atoms with E-state index >= 15 is 0 Å². The molecule has 0 bridgehead atoms. The number of benzene rings is 1. The average Bonchev–Trinajstić information content (AvgIpc) is 2.88. The molecule has 19 heavy (non-hydrogen) atoms. The van der Waals surface area contributed by atoms with Crippen molar-refractivity contribution in [3.8, 4) is 6.07 Å². The zero-order valence-corrected chi connectivity index (χ0v) is 11.9. The largest absolute Gasteiger partial charge is 0.279 e. The maximum atomic E-state index is 9.03. The smallest absolute Gasteiger partial charge is 0.0873 e. The molecule has 0 spiro atoms. The first-order valence-electron chi connectivity index (χ1n) is 6.23. The molecule has 0 aliphatic carbocycles. The predicted molar refractivity (Wildman–Crippen MR) is 78.5 cm³/mol. The molecule has 2 nitrogen and oxygen atoms in total. The Bertz CT molecular complexity index is 629. The second-order valence-electron chi connectivity index (χ2n) is 4.60. The highest BCUT2D eigenvalue weighted by Crippen LogP contribution is 2.39. The van der Waals surface area contributed by atoms with E-state index in [-0.39, 0.29) is 6.04 Å². The van der Waals surface area contributed by atoms with Gasteiger partial charge in [-0.25, -0.2) is 0 Å². The first-order valence-corrected chi connectivity index (χ1v) is 7.48. The van der Waals surface area contributed by atoms with Crippen LogP contribution in [0, 0.1) is 11.3 Å². The highest BCUT2D eigenvalue weighted by atomic mass is 35.5. The molecule has 3 rings (SSSR count). The molecule has 4 heteroatoms. The number of hydrogen-bond acceptors (Lipinski definition) is 3. The Morgan fingerprint density at radius 3 is 2.95 bits per heavy atom. The summed E-state index contributed by atoms with van der Waals surface area (Å²) in [6.07, 6.45) is 1.02. The third-order valence-corrected chi connectivity index (χ3v) is 4.88. The molecule has 96 valence electrons. The number of thiophene rings is 1. The van der Waals surface area contributed by atoms with Crippen molar-refractivity contribution in [2.24, 2.45) is 0 Å². The highest BCUT2D eigenvalue weighted by molar-refractivity contribution is 7.10. The van der Waals surface area contributed by atoms with E-state index < -0.39 is 0 Å². The van der Waals surface area contributed by atoms with E-state index in [0.717, 1.165) is 23.6 Å². The number of halogens is 1. The maximum absolute atomic E-state index is 9.03. The van der Waals surface area contributed by atoms with Crippen LogP contribution >= 0.6 is 22.9 Å². The monoisotopic (exact) mass is 288 g/mol. The van der Waals surface area contributed by atoms with Crippen molar-refractivity contribution in [3.05, 3.63) is 56.7 Å². The molecule has 0 radical (unpaired) electrons. The molecule has 0 N–H and O–H groups in total. The molecule has 1 aliphatic rings. The minimum atomic E-state index is 0.114. The van der Waals surface area contributed by atoms with Crippen LogP contribution in [0.4, 0.5) is 0 Å². The lowest BCUT2D eigenvalue weighted by atomic mass is 9.93. The van der Waals surface area contributed by atoms with Gasteiger partial charge in [0.1, 0.15) is 0 Å². The highest BCUT2D eigenvalue weighted by Gasteiger charge is 2.30. The van der Waals surface area contributed by atoms with Gasteiger partial charge in [0.25, 0.3) is 0 Å². The van der Waals surface area contributed by atoms with Crippen molar-refractivity contribution in [1.29, 1.82) is 5.26 Å². The van der Waals surface area contributed by atoms with Crippen molar-refractivity contribution in [2.75, 3.05) is 13.1 Å². The summed E-state index contributed by atoms with van der Waals surface area (Å²) < 4.78 is 0. The quantitative estimate of drug-likeness (QED) is 0.784. The number of nitrogens with zero attached hydrogens (tertiary/aromatic N) is 2. The SMILES string of the molecule is N#CCN1CCc2sccc2C1c1ccccc1Cl. The first kappa shape index (κ1) is 12.7. The van der Waals surface area contributed by atoms with Gasteiger partial charge in [-0.1, -0.05) is 29.8 Å². The maximum Gasteiger partial charge on any atom is 0.0873 e.